The standard InChI is InChI=1S/C23H22GeN.C5H8O2.Ir/c1-16-13-17(2)15-19(14-16)23-24(3,4)22-20(11-8-12-21(22)25-23)18-9-6-5-7-10-18;1-4(6)3-5(2)7;/h5-14H,1-4H3;3,6H,1-2H3;/q-1;;/b;4-3-;. The molecule has 0 amide bonds. The van der Waals surface area contributed by atoms with Crippen molar-refractivity contribution in [2.45, 2.75) is 39.2 Å². The van der Waals surface area contributed by atoms with Gasteiger partial charge in [0.1, 0.15) is 0 Å². The molecule has 4 rings (SSSR count). The molecule has 1 aliphatic rings. The van der Waals surface area contributed by atoms with E-state index < -0.39 is 13.3 Å². The van der Waals surface area contributed by atoms with Crippen LogP contribution in [0.25, 0.3) is 11.1 Å². The van der Waals surface area contributed by atoms with Gasteiger partial charge in [-0.05, 0) is 13.8 Å². The van der Waals surface area contributed by atoms with Gasteiger partial charge in [-0.25, -0.2) is 0 Å². The molecule has 0 saturated heterocycles. The Balaban J connectivity index is 0.000000423. The molecule has 0 aromatic heterocycles. The molecule has 1 heterocycles. The molecule has 0 spiro atoms. The predicted octanol–water partition coefficient (Wildman–Crippen LogP) is 6.39. The molecule has 1 aliphatic heterocycles. The summed E-state index contributed by atoms with van der Waals surface area (Å²) in [6, 6.07) is 25.3. The SMILES string of the molecule is CC(=O)/C=C(/C)O.Cc1[c-]c([C]2=Nc3cccc(-c4ccccc4)[c]3[Ge]2([CH3])[CH3])cc(C)c1.[Ir]. The number of hydrogen-bond acceptors (Lipinski definition) is 3. The second-order valence-electron chi connectivity index (χ2n) is 8.80. The predicted molar refractivity (Wildman–Crippen MR) is 137 cm³/mol. The first kappa shape index (κ1) is 27.0. The normalized spacial score (nSPS) is 13.8. The van der Waals surface area contributed by atoms with Crippen molar-refractivity contribution in [2.75, 3.05) is 0 Å². The molecular formula is C28H30GeIrNO2-. The molecule has 5 heteroatoms. The maximum atomic E-state index is 10.0. The Morgan fingerprint density at radius 3 is 2.21 bits per heavy atom. The summed E-state index contributed by atoms with van der Waals surface area (Å²) in [7, 11) is 0. The van der Waals surface area contributed by atoms with Crippen LogP contribution in [-0.2, 0) is 24.9 Å². The molecule has 3 aromatic carbocycles. The Bertz CT molecular complexity index is 1190. The number of aliphatic hydroxyl groups is 1. The van der Waals surface area contributed by atoms with Crippen molar-refractivity contribution in [3.05, 3.63) is 95.3 Å². The van der Waals surface area contributed by atoms with Gasteiger partial charge in [0.25, 0.3) is 0 Å². The molecular weight excluding hydrogens is 647 g/mol. The smallest absolute Gasteiger partial charge is 0 e. The van der Waals surface area contributed by atoms with Crippen LogP contribution in [0.1, 0.15) is 30.5 Å². The van der Waals surface area contributed by atoms with E-state index in [0.717, 1.165) is 5.69 Å². The Morgan fingerprint density at radius 1 is 1.00 bits per heavy atom. The number of allylic oxidation sites excluding steroid dienone is 2. The molecule has 0 bridgehead atoms. The molecule has 3 aromatic rings. The van der Waals surface area contributed by atoms with E-state index in [2.05, 4.69) is 92.1 Å². The van der Waals surface area contributed by atoms with Crippen molar-refractivity contribution in [2.24, 2.45) is 4.99 Å². The van der Waals surface area contributed by atoms with Gasteiger partial charge < -0.3 is 5.11 Å². The quantitative estimate of drug-likeness (QED) is 0.151. The van der Waals surface area contributed by atoms with E-state index in [4.69, 9.17) is 10.1 Å². The maximum Gasteiger partial charge on any atom is 0 e. The van der Waals surface area contributed by atoms with Crippen LogP contribution < -0.4 is 4.40 Å². The van der Waals surface area contributed by atoms with E-state index in [0.29, 0.717) is 0 Å². The number of aliphatic hydroxyl groups excluding tert-OH is 1. The number of hydrogen-bond donors (Lipinski definition) is 1. The van der Waals surface area contributed by atoms with Crippen LogP contribution in [-0.4, -0.2) is 28.7 Å². The average molecular weight is 677 g/mol. The van der Waals surface area contributed by atoms with Crippen molar-refractivity contribution in [3.8, 4) is 11.1 Å². The number of rotatable bonds is 3. The molecule has 1 N–H and O–H groups in total. The molecule has 0 unspecified atom stereocenters. The van der Waals surface area contributed by atoms with Crippen LogP contribution >= 0.6 is 0 Å². The Labute approximate surface area is 213 Å². The third-order valence-corrected chi connectivity index (χ3v) is 12.4. The summed E-state index contributed by atoms with van der Waals surface area (Å²) >= 11 is -2.49. The molecule has 0 aliphatic carbocycles. The van der Waals surface area contributed by atoms with Crippen molar-refractivity contribution in [1.82, 2.24) is 0 Å². The Morgan fingerprint density at radius 2 is 1.67 bits per heavy atom. The van der Waals surface area contributed by atoms with Crippen molar-refractivity contribution in [1.29, 1.82) is 0 Å². The second-order valence-corrected chi connectivity index (χ2v) is 17.7. The minimum atomic E-state index is -2.49. The average Bonchev–Trinajstić information content (AvgIpc) is 2.98. The van der Waals surface area contributed by atoms with E-state index >= 15 is 0 Å². The molecule has 173 valence electrons. The molecule has 0 fully saturated rings. The van der Waals surface area contributed by atoms with Crippen molar-refractivity contribution in [3.63, 3.8) is 0 Å². The van der Waals surface area contributed by atoms with E-state index in [1.54, 1.807) is 0 Å². The zero-order valence-electron chi connectivity index (χ0n) is 20.0. The number of carbonyl (C=O) groups is 1. The third kappa shape index (κ3) is 6.41. The minimum Gasteiger partial charge on any atom is 0 e. The van der Waals surface area contributed by atoms with E-state index in [1.807, 2.05) is 0 Å². The van der Waals surface area contributed by atoms with Gasteiger partial charge in [0.15, 0.2) is 5.78 Å². The number of aliphatic imine (C=N–C) groups is 1. The topological polar surface area (TPSA) is 49.7 Å². The molecule has 0 saturated carbocycles. The van der Waals surface area contributed by atoms with Crippen LogP contribution in [0.15, 0.2) is 77.5 Å². The zero-order chi connectivity index (χ0) is 23.5. The first-order valence-electron chi connectivity index (χ1n) is 10.8. The molecule has 3 nitrogen and oxygen atoms in total. The number of ketones is 1. The summed E-state index contributed by atoms with van der Waals surface area (Å²) in [6.07, 6.45) is 1.17. The minimum absolute atomic E-state index is 0. The van der Waals surface area contributed by atoms with Gasteiger partial charge in [-0.3, -0.25) is 4.79 Å². The van der Waals surface area contributed by atoms with E-state index in [-0.39, 0.29) is 31.6 Å². The molecule has 0 atom stereocenters. The monoisotopic (exact) mass is 679 g/mol. The van der Waals surface area contributed by atoms with Gasteiger partial charge in [-0.15, -0.1) is 0 Å². The third-order valence-electron chi connectivity index (χ3n) is 5.39. The number of fused-ring (bicyclic) bond motifs is 1. The van der Waals surface area contributed by atoms with Gasteiger partial charge >= 0.3 is 153 Å². The fraction of sp³-hybridized carbons (Fsp3) is 0.214. The Hall–Kier alpha value is -2.27. The number of aryl methyl sites for hydroxylation is 2. The van der Waals surface area contributed by atoms with Gasteiger partial charge in [0.05, 0.1) is 5.76 Å². The van der Waals surface area contributed by atoms with Crippen LogP contribution in [0.5, 0.6) is 0 Å². The maximum absolute atomic E-state index is 10.0. The zero-order valence-corrected chi connectivity index (χ0v) is 24.5. The van der Waals surface area contributed by atoms with Crippen LogP contribution in [0, 0.1) is 19.9 Å². The first-order valence-corrected chi connectivity index (χ1v) is 17.1. The number of nitrogens with zero attached hydrogens (tertiary/aromatic N) is 1. The first-order chi connectivity index (χ1) is 15.1. The van der Waals surface area contributed by atoms with Gasteiger partial charge in [-0.1, -0.05) is 0 Å². The summed E-state index contributed by atoms with van der Waals surface area (Å²) < 4.78 is 2.79. The molecule has 1 radical (unpaired) electrons. The van der Waals surface area contributed by atoms with E-state index in [1.165, 1.54) is 56.7 Å². The number of benzene rings is 3. The summed E-state index contributed by atoms with van der Waals surface area (Å²) in [6.45, 7) is 7.12. The summed E-state index contributed by atoms with van der Waals surface area (Å²) in [5.74, 6) is 4.86. The van der Waals surface area contributed by atoms with Crippen LogP contribution in [0.3, 0.4) is 0 Å². The summed E-state index contributed by atoms with van der Waals surface area (Å²) in [5.41, 5.74) is 7.47. The van der Waals surface area contributed by atoms with Crippen LogP contribution in [0.4, 0.5) is 5.69 Å². The van der Waals surface area contributed by atoms with Gasteiger partial charge in [0.2, 0.25) is 0 Å². The van der Waals surface area contributed by atoms with Gasteiger partial charge in [0, 0.05) is 26.2 Å². The van der Waals surface area contributed by atoms with E-state index in [9.17, 15) is 4.79 Å². The van der Waals surface area contributed by atoms with Crippen LogP contribution in [0.2, 0.25) is 11.5 Å². The Kier molecular flexibility index (Phi) is 9.19. The summed E-state index contributed by atoms with van der Waals surface area (Å²) in [4.78, 5) is 15.1. The largest absolute Gasteiger partial charge is 0 e. The second kappa shape index (κ2) is 11.2. The van der Waals surface area contributed by atoms with Crippen molar-refractivity contribution < 1.29 is 30.0 Å². The van der Waals surface area contributed by atoms with Gasteiger partial charge in [-0.2, -0.15) is 0 Å². The summed E-state index contributed by atoms with van der Waals surface area (Å²) in [5, 5.41) is 8.36. The number of carbonyl (C=O) groups excluding carboxylic acids is 1. The fourth-order valence-electron chi connectivity index (χ4n) is 4.24. The van der Waals surface area contributed by atoms with Crippen molar-refractivity contribution >= 4 is 33.7 Å². The molecule has 33 heavy (non-hydrogen) atoms. The fourth-order valence-corrected chi connectivity index (χ4v) is 10.8.